The van der Waals surface area contributed by atoms with Gasteiger partial charge in [0.2, 0.25) is 0 Å². The molecule has 0 unspecified atom stereocenters. The summed E-state index contributed by atoms with van der Waals surface area (Å²) in [4.78, 5) is 24.4. The zero-order valence-corrected chi connectivity index (χ0v) is 18.6. The van der Waals surface area contributed by atoms with E-state index in [9.17, 15) is 9.59 Å². The van der Waals surface area contributed by atoms with Gasteiger partial charge in [0.25, 0.3) is 11.8 Å². The minimum atomic E-state index is -0.342. The Kier molecular flexibility index (Phi) is 8.02. The Morgan fingerprint density at radius 1 is 0.909 bits per heavy atom. The predicted octanol–water partition coefficient (Wildman–Crippen LogP) is 3.79. The number of benzene rings is 3. The van der Waals surface area contributed by atoms with Crippen molar-refractivity contribution in [3.05, 3.63) is 83.4 Å². The van der Waals surface area contributed by atoms with E-state index in [-0.39, 0.29) is 18.4 Å². The number of hydrogen-bond acceptors (Lipinski definition) is 6. The standard InChI is InChI=1S/C25H25N3O5/c1-17-7-6-8-19(13-17)25(30)28-26-15-18-11-12-22(23(14-18)32-3)33-16-24(29)27-20-9-4-5-10-21(20)31-2/h4-15H,16H2,1-3H3,(H,27,29)(H,28,30)/b26-15+. The molecule has 8 nitrogen and oxygen atoms in total. The van der Waals surface area contributed by atoms with Crippen LogP contribution >= 0.6 is 0 Å². The Bertz CT molecular complexity index is 1160. The molecule has 8 heteroatoms. The van der Waals surface area contributed by atoms with Crippen LogP contribution in [0.4, 0.5) is 5.69 Å². The summed E-state index contributed by atoms with van der Waals surface area (Å²) in [6.45, 7) is 1.70. The lowest BCUT2D eigenvalue weighted by molar-refractivity contribution is -0.118. The first-order valence-electron chi connectivity index (χ1n) is 10.1. The smallest absolute Gasteiger partial charge is 0.271 e. The third kappa shape index (κ3) is 6.57. The number of hydrogen-bond donors (Lipinski definition) is 2. The van der Waals surface area contributed by atoms with E-state index >= 15 is 0 Å². The zero-order chi connectivity index (χ0) is 23.6. The van der Waals surface area contributed by atoms with E-state index < -0.39 is 0 Å². The second kappa shape index (κ2) is 11.3. The molecule has 0 radical (unpaired) electrons. The van der Waals surface area contributed by atoms with Crippen LogP contribution in [0.5, 0.6) is 17.2 Å². The number of nitrogens with zero attached hydrogens (tertiary/aromatic N) is 1. The number of nitrogens with one attached hydrogen (secondary N) is 2. The highest BCUT2D eigenvalue weighted by molar-refractivity contribution is 5.95. The number of carbonyl (C=O) groups excluding carboxylic acids is 2. The fourth-order valence-electron chi connectivity index (χ4n) is 2.98. The van der Waals surface area contributed by atoms with Crippen LogP contribution < -0.4 is 25.0 Å². The molecule has 3 rings (SSSR count). The van der Waals surface area contributed by atoms with E-state index in [1.165, 1.54) is 20.4 Å². The maximum atomic E-state index is 12.3. The fourth-order valence-corrected chi connectivity index (χ4v) is 2.98. The van der Waals surface area contributed by atoms with Crippen molar-refractivity contribution in [2.24, 2.45) is 5.10 Å². The summed E-state index contributed by atoms with van der Waals surface area (Å²) in [7, 11) is 3.03. The molecule has 0 bridgehead atoms. The largest absolute Gasteiger partial charge is 0.495 e. The highest BCUT2D eigenvalue weighted by Gasteiger charge is 2.11. The van der Waals surface area contributed by atoms with Gasteiger partial charge in [-0.2, -0.15) is 5.10 Å². The van der Waals surface area contributed by atoms with Gasteiger partial charge in [-0.3, -0.25) is 9.59 Å². The van der Waals surface area contributed by atoms with Gasteiger partial charge in [0.1, 0.15) is 5.75 Å². The van der Waals surface area contributed by atoms with E-state index in [1.54, 1.807) is 48.5 Å². The molecule has 0 aliphatic heterocycles. The Balaban J connectivity index is 1.58. The number of anilines is 1. The third-order valence-corrected chi connectivity index (χ3v) is 4.59. The number of methoxy groups -OCH3 is 2. The SMILES string of the molecule is COc1ccccc1NC(=O)COc1ccc(/C=N/NC(=O)c2cccc(C)c2)cc1OC. The van der Waals surface area contributed by atoms with Gasteiger partial charge in [0.05, 0.1) is 26.1 Å². The lowest BCUT2D eigenvalue weighted by Crippen LogP contribution is -2.20. The molecule has 0 spiro atoms. The predicted molar refractivity (Wildman–Crippen MR) is 126 cm³/mol. The molecule has 33 heavy (non-hydrogen) atoms. The van der Waals surface area contributed by atoms with E-state index in [0.29, 0.717) is 34.1 Å². The molecular weight excluding hydrogens is 422 g/mol. The van der Waals surface area contributed by atoms with E-state index in [1.807, 2.05) is 25.1 Å². The summed E-state index contributed by atoms with van der Waals surface area (Å²) in [5, 5.41) is 6.74. The van der Waals surface area contributed by atoms with Crippen molar-refractivity contribution < 1.29 is 23.8 Å². The lowest BCUT2D eigenvalue weighted by atomic mass is 10.1. The van der Waals surface area contributed by atoms with Crippen LogP contribution in [0.25, 0.3) is 0 Å². The molecule has 170 valence electrons. The van der Waals surface area contributed by atoms with Gasteiger partial charge in [-0.05, 0) is 55.0 Å². The fraction of sp³-hybridized carbons (Fsp3) is 0.160. The van der Waals surface area contributed by atoms with Gasteiger partial charge in [-0.15, -0.1) is 0 Å². The maximum Gasteiger partial charge on any atom is 0.271 e. The lowest BCUT2D eigenvalue weighted by Gasteiger charge is -2.12. The van der Waals surface area contributed by atoms with Crippen molar-refractivity contribution in [2.75, 3.05) is 26.1 Å². The summed E-state index contributed by atoms with van der Waals surface area (Å²) < 4.78 is 16.2. The first-order chi connectivity index (χ1) is 16.0. The van der Waals surface area contributed by atoms with Crippen LogP contribution in [0.1, 0.15) is 21.5 Å². The van der Waals surface area contributed by atoms with E-state index in [4.69, 9.17) is 14.2 Å². The van der Waals surface area contributed by atoms with Crippen molar-refractivity contribution in [3.8, 4) is 17.2 Å². The van der Waals surface area contributed by atoms with E-state index in [2.05, 4.69) is 15.8 Å². The molecule has 3 aromatic rings. The van der Waals surface area contributed by atoms with Gasteiger partial charge in [0, 0.05) is 5.56 Å². The first kappa shape index (κ1) is 23.3. The number of para-hydroxylation sites is 2. The number of aryl methyl sites for hydroxylation is 1. The van der Waals surface area contributed by atoms with Gasteiger partial charge in [0.15, 0.2) is 18.1 Å². The summed E-state index contributed by atoms with van der Waals surface area (Å²) in [6.07, 6.45) is 1.49. The Morgan fingerprint density at radius 2 is 1.70 bits per heavy atom. The van der Waals surface area contributed by atoms with Crippen LogP contribution in [-0.2, 0) is 4.79 Å². The highest BCUT2D eigenvalue weighted by atomic mass is 16.5. The minimum absolute atomic E-state index is 0.214. The summed E-state index contributed by atoms with van der Waals surface area (Å²) in [5.41, 5.74) is 5.25. The van der Waals surface area contributed by atoms with Crippen molar-refractivity contribution >= 4 is 23.7 Å². The average molecular weight is 447 g/mol. The number of hydrazone groups is 1. The van der Waals surface area contributed by atoms with Crippen LogP contribution in [-0.4, -0.2) is 38.9 Å². The number of ether oxygens (including phenoxy) is 3. The first-order valence-corrected chi connectivity index (χ1v) is 10.1. The quantitative estimate of drug-likeness (QED) is 0.384. The van der Waals surface area contributed by atoms with Crippen molar-refractivity contribution in [2.45, 2.75) is 6.92 Å². The second-order valence-electron chi connectivity index (χ2n) is 7.02. The summed E-state index contributed by atoms with van der Waals surface area (Å²) in [6, 6.07) is 19.4. The Morgan fingerprint density at radius 3 is 2.45 bits per heavy atom. The van der Waals surface area contributed by atoms with Crippen LogP contribution in [0, 0.1) is 6.92 Å². The summed E-state index contributed by atoms with van der Waals surface area (Å²) >= 11 is 0. The van der Waals surface area contributed by atoms with Crippen LogP contribution in [0.15, 0.2) is 71.8 Å². The van der Waals surface area contributed by atoms with Crippen molar-refractivity contribution in [1.82, 2.24) is 5.43 Å². The molecule has 0 aliphatic rings. The maximum absolute atomic E-state index is 12.3. The number of rotatable bonds is 9. The molecule has 0 saturated heterocycles. The van der Waals surface area contributed by atoms with E-state index in [0.717, 1.165) is 5.56 Å². The van der Waals surface area contributed by atoms with Gasteiger partial charge >= 0.3 is 0 Å². The molecule has 2 N–H and O–H groups in total. The molecular formula is C25H25N3O5. The normalized spacial score (nSPS) is 10.5. The molecule has 0 fully saturated rings. The average Bonchev–Trinajstić information content (AvgIpc) is 2.83. The van der Waals surface area contributed by atoms with Crippen LogP contribution in [0.2, 0.25) is 0 Å². The van der Waals surface area contributed by atoms with Gasteiger partial charge in [-0.1, -0.05) is 29.8 Å². The number of amides is 2. The summed E-state index contributed by atoms with van der Waals surface area (Å²) in [5.74, 6) is 0.734. The van der Waals surface area contributed by atoms with Crippen molar-refractivity contribution in [1.29, 1.82) is 0 Å². The molecule has 2 amide bonds. The third-order valence-electron chi connectivity index (χ3n) is 4.59. The Hall–Kier alpha value is -4.33. The molecule has 0 aromatic heterocycles. The molecule has 0 aliphatic carbocycles. The molecule has 0 atom stereocenters. The monoisotopic (exact) mass is 447 g/mol. The van der Waals surface area contributed by atoms with Crippen molar-refractivity contribution in [3.63, 3.8) is 0 Å². The Labute approximate surface area is 192 Å². The van der Waals surface area contributed by atoms with Crippen LogP contribution in [0.3, 0.4) is 0 Å². The second-order valence-corrected chi connectivity index (χ2v) is 7.02. The zero-order valence-electron chi connectivity index (χ0n) is 18.6. The topological polar surface area (TPSA) is 98.3 Å². The van der Waals surface area contributed by atoms with Gasteiger partial charge < -0.3 is 19.5 Å². The molecule has 3 aromatic carbocycles. The van der Waals surface area contributed by atoms with Gasteiger partial charge in [-0.25, -0.2) is 5.43 Å². The molecule has 0 saturated carbocycles. The number of carbonyl (C=O) groups is 2. The molecule has 0 heterocycles. The highest BCUT2D eigenvalue weighted by Crippen LogP contribution is 2.28. The minimum Gasteiger partial charge on any atom is -0.495 e.